The monoisotopic (exact) mass is 499 g/mol. The van der Waals surface area contributed by atoms with Crippen LogP contribution in [0, 0.1) is 0 Å². The van der Waals surface area contributed by atoms with E-state index in [-0.39, 0.29) is 19.0 Å². The summed E-state index contributed by atoms with van der Waals surface area (Å²) in [6.45, 7) is 8.80. The van der Waals surface area contributed by atoms with Crippen molar-refractivity contribution < 1.29 is 9.53 Å². The summed E-state index contributed by atoms with van der Waals surface area (Å²) in [7, 11) is 0. The quantitative estimate of drug-likeness (QED) is 0.233. The molecule has 1 N–H and O–H groups in total. The fourth-order valence-electron chi connectivity index (χ4n) is 3.37. The lowest BCUT2D eigenvalue weighted by Crippen LogP contribution is -2.10. The lowest BCUT2D eigenvalue weighted by atomic mass is 10.1. The van der Waals surface area contributed by atoms with E-state index in [1.165, 1.54) is 16.7 Å². The van der Waals surface area contributed by atoms with Crippen LogP contribution >= 0.6 is 23.2 Å². The first kappa shape index (κ1) is 27.8. The zero-order valence-electron chi connectivity index (χ0n) is 20.6. The van der Waals surface area contributed by atoms with E-state index >= 15 is 0 Å². The van der Waals surface area contributed by atoms with Gasteiger partial charge >= 0.3 is 5.97 Å². The Kier molecular flexibility index (Phi) is 12.0. The molecule has 0 saturated carbocycles. The van der Waals surface area contributed by atoms with Gasteiger partial charge in [-0.05, 0) is 83.2 Å². The molecular weight excluding hydrogens is 465 g/mol. The number of hydrogen-bond acceptors (Lipinski definition) is 3. The third kappa shape index (κ3) is 10.2. The van der Waals surface area contributed by atoms with Crippen LogP contribution in [-0.4, -0.2) is 12.6 Å². The molecular formula is C29H35Cl2NO2. The summed E-state index contributed by atoms with van der Waals surface area (Å²) in [6.07, 6.45) is 10.9. The van der Waals surface area contributed by atoms with Crippen molar-refractivity contribution in [2.75, 3.05) is 11.9 Å². The van der Waals surface area contributed by atoms with E-state index in [1.807, 2.05) is 30.3 Å². The minimum Gasteiger partial charge on any atom is -0.461 e. The van der Waals surface area contributed by atoms with E-state index in [2.05, 4.69) is 45.2 Å². The number of nitrogens with one attached hydrogen (secondary N) is 1. The zero-order valence-corrected chi connectivity index (χ0v) is 22.1. The van der Waals surface area contributed by atoms with Crippen molar-refractivity contribution in [3.05, 3.63) is 93.0 Å². The van der Waals surface area contributed by atoms with Crippen molar-refractivity contribution in [1.29, 1.82) is 0 Å². The summed E-state index contributed by atoms with van der Waals surface area (Å²) < 4.78 is 5.46. The molecule has 3 nitrogen and oxygen atoms in total. The summed E-state index contributed by atoms with van der Waals surface area (Å²) in [5.74, 6) is -0.279. The van der Waals surface area contributed by atoms with Crippen LogP contribution in [0.15, 0.2) is 77.4 Å². The zero-order chi connectivity index (χ0) is 24.9. The fourth-order valence-corrected chi connectivity index (χ4v) is 3.86. The standard InChI is InChI=1S/C29H35Cl2NO2/c1-21(2)10-7-11-22(3)12-8-13-23(4)18-19-34-28(33)20-24-14-5-6-17-27(24)32-29-25(30)15-9-16-26(29)31/h5-6,9-10,12,14-18,32H,7-8,11,13,19-20H2,1-4H3/b22-12+,23-18+. The predicted octanol–water partition coefficient (Wildman–Crippen LogP) is 9.24. The van der Waals surface area contributed by atoms with Gasteiger partial charge in [-0.3, -0.25) is 4.79 Å². The van der Waals surface area contributed by atoms with Gasteiger partial charge in [0.2, 0.25) is 0 Å². The highest BCUT2D eigenvalue weighted by Crippen LogP contribution is 2.33. The number of carbonyl (C=O) groups excluding carboxylic acids is 1. The first-order valence-electron chi connectivity index (χ1n) is 11.7. The van der Waals surface area contributed by atoms with Crippen LogP contribution in [-0.2, 0) is 16.0 Å². The van der Waals surface area contributed by atoms with Crippen molar-refractivity contribution in [3.63, 3.8) is 0 Å². The Morgan fingerprint density at radius 1 is 0.853 bits per heavy atom. The molecule has 0 atom stereocenters. The first-order chi connectivity index (χ1) is 16.3. The summed E-state index contributed by atoms with van der Waals surface area (Å²) in [6, 6.07) is 12.9. The molecule has 2 rings (SSSR count). The highest BCUT2D eigenvalue weighted by Gasteiger charge is 2.12. The number of allylic oxidation sites excluding steroid dienone is 5. The first-order valence-corrected chi connectivity index (χ1v) is 12.4. The molecule has 0 radical (unpaired) electrons. The number of hydrogen-bond donors (Lipinski definition) is 1. The van der Waals surface area contributed by atoms with Gasteiger partial charge in [-0.15, -0.1) is 0 Å². The molecule has 0 amide bonds. The second-order valence-corrected chi connectivity index (χ2v) is 9.51. The van der Waals surface area contributed by atoms with Crippen LogP contribution in [0.4, 0.5) is 11.4 Å². The molecule has 2 aromatic rings. The molecule has 0 aliphatic heterocycles. The van der Waals surface area contributed by atoms with Crippen molar-refractivity contribution in [2.24, 2.45) is 0 Å². The maximum absolute atomic E-state index is 12.4. The average molecular weight is 501 g/mol. The Hall–Kier alpha value is -2.49. The Bertz CT molecular complexity index is 1030. The number of esters is 1. The maximum Gasteiger partial charge on any atom is 0.310 e. The van der Waals surface area contributed by atoms with Crippen LogP contribution in [0.1, 0.15) is 58.9 Å². The van der Waals surface area contributed by atoms with Gasteiger partial charge in [0, 0.05) is 5.69 Å². The summed E-state index contributed by atoms with van der Waals surface area (Å²) in [5.41, 5.74) is 6.21. The van der Waals surface area contributed by atoms with E-state index in [0.717, 1.165) is 36.9 Å². The molecule has 0 unspecified atom stereocenters. The van der Waals surface area contributed by atoms with Gasteiger partial charge in [0.25, 0.3) is 0 Å². The van der Waals surface area contributed by atoms with E-state index in [4.69, 9.17) is 27.9 Å². The summed E-state index contributed by atoms with van der Waals surface area (Å²) in [5, 5.41) is 4.28. The maximum atomic E-state index is 12.4. The Morgan fingerprint density at radius 3 is 2.15 bits per heavy atom. The minimum absolute atomic E-state index is 0.158. The van der Waals surface area contributed by atoms with Gasteiger partial charge in [-0.2, -0.15) is 0 Å². The molecule has 0 spiro atoms. The number of anilines is 2. The molecule has 0 saturated heterocycles. The summed E-state index contributed by atoms with van der Waals surface area (Å²) >= 11 is 12.5. The number of halogens is 2. The second-order valence-electron chi connectivity index (χ2n) is 8.70. The molecule has 0 aliphatic rings. The Morgan fingerprint density at radius 2 is 1.47 bits per heavy atom. The van der Waals surface area contributed by atoms with E-state index in [9.17, 15) is 4.79 Å². The van der Waals surface area contributed by atoms with E-state index in [1.54, 1.807) is 18.2 Å². The smallest absolute Gasteiger partial charge is 0.310 e. The molecule has 0 aromatic heterocycles. The number of ether oxygens (including phenoxy) is 1. The van der Waals surface area contributed by atoms with Crippen LogP contribution in [0.25, 0.3) is 0 Å². The predicted molar refractivity (Wildman–Crippen MR) is 146 cm³/mol. The SMILES string of the molecule is CC(C)=CCC/C(C)=C/CC/C(C)=C/COC(=O)Cc1ccccc1Nc1c(Cl)cccc1Cl. The third-order valence-electron chi connectivity index (χ3n) is 5.37. The number of para-hydroxylation sites is 2. The largest absolute Gasteiger partial charge is 0.461 e. The van der Waals surface area contributed by atoms with Crippen molar-refractivity contribution in [3.8, 4) is 0 Å². The van der Waals surface area contributed by atoms with Gasteiger partial charge in [-0.25, -0.2) is 0 Å². The topological polar surface area (TPSA) is 38.3 Å². The molecule has 0 aliphatic carbocycles. The van der Waals surface area contributed by atoms with Crippen molar-refractivity contribution in [2.45, 2.75) is 59.8 Å². The molecule has 5 heteroatoms. The number of rotatable bonds is 12. The van der Waals surface area contributed by atoms with Gasteiger partial charge in [0.05, 0.1) is 22.2 Å². The molecule has 2 aromatic carbocycles. The highest BCUT2D eigenvalue weighted by molar-refractivity contribution is 6.39. The lowest BCUT2D eigenvalue weighted by molar-refractivity contribution is -0.141. The van der Waals surface area contributed by atoms with Crippen LogP contribution < -0.4 is 5.32 Å². The van der Waals surface area contributed by atoms with Gasteiger partial charge < -0.3 is 10.1 Å². The van der Waals surface area contributed by atoms with Crippen LogP contribution in [0.2, 0.25) is 10.0 Å². The Balaban J connectivity index is 1.83. The van der Waals surface area contributed by atoms with E-state index in [0.29, 0.717) is 15.7 Å². The number of carbonyl (C=O) groups is 1. The lowest BCUT2D eigenvalue weighted by Gasteiger charge is -2.14. The minimum atomic E-state index is -0.279. The number of benzene rings is 2. The normalized spacial score (nSPS) is 11.8. The molecule has 0 bridgehead atoms. The molecule has 34 heavy (non-hydrogen) atoms. The van der Waals surface area contributed by atoms with Crippen LogP contribution in [0.3, 0.4) is 0 Å². The van der Waals surface area contributed by atoms with E-state index < -0.39 is 0 Å². The summed E-state index contributed by atoms with van der Waals surface area (Å²) in [4.78, 5) is 12.4. The molecule has 0 heterocycles. The van der Waals surface area contributed by atoms with Crippen molar-refractivity contribution in [1.82, 2.24) is 0 Å². The van der Waals surface area contributed by atoms with Gasteiger partial charge in [0.1, 0.15) is 6.61 Å². The third-order valence-corrected chi connectivity index (χ3v) is 6.00. The second kappa shape index (κ2) is 14.7. The van der Waals surface area contributed by atoms with Crippen LogP contribution in [0.5, 0.6) is 0 Å². The highest BCUT2D eigenvalue weighted by atomic mass is 35.5. The van der Waals surface area contributed by atoms with Gasteiger partial charge in [0.15, 0.2) is 0 Å². The average Bonchev–Trinajstić information content (AvgIpc) is 2.77. The van der Waals surface area contributed by atoms with Crippen molar-refractivity contribution >= 4 is 40.5 Å². The fraction of sp³-hybridized carbons (Fsp3) is 0.345. The molecule has 0 fully saturated rings. The van der Waals surface area contributed by atoms with Gasteiger partial charge in [-0.1, -0.05) is 76.3 Å². The molecule has 182 valence electrons. The Labute approximate surface area is 214 Å².